The zero-order valence-corrected chi connectivity index (χ0v) is 22.0. The Kier molecular flexibility index (Phi) is 8.60. The SMILES string of the molecule is CC(=O)Nc1cccc(-c2cccc(C[C@](O)(C(=O)Nc3ccc(C#N)c(C(F)(F)F)c3)C3CCCCC3)c2)c1. The molecule has 0 spiro atoms. The van der Waals surface area contributed by atoms with E-state index in [0.29, 0.717) is 24.1 Å². The Morgan fingerprint density at radius 1 is 0.925 bits per heavy atom. The third-order valence-electron chi connectivity index (χ3n) is 7.29. The molecule has 6 nitrogen and oxygen atoms in total. The highest BCUT2D eigenvalue weighted by Gasteiger charge is 2.44. The van der Waals surface area contributed by atoms with Gasteiger partial charge in [0.15, 0.2) is 0 Å². The summed E-state index contributed by atoms with van der Waals surface area (Å²) >= 11 is 0. The Morgan fingerprint density at radius 2 is 1.57 bits per heavy atom. The van der Waals surface area contributed by atoms with Gasteiger partial charge in [0.2, 0.25) is 5.91 Å². The van der Waals surface area contributed by atoms with Gasteiger partial charge < -0.3 is 15.7 Å². The van der Waals surface area contributed by atoms with E-state index < -0.39 is 28.8 Å². The fourth-order valence-corrected chi connectivity index (χ4v) is 5.34. The number of halogens is 3. The van der Waals surface area contributed by atoms with E-state index >= 15 is 0 Å². The number of hydrogen-bond donors (Lipinski definition) is 3. The van der Waals surface area contributed by atoms with Crippen molar-refractivity contribution in [1.29, 1.82) is 5.26 Å². The number of nitrogens with zero attached hydrogens (tertiary/aromatic N) is 1. The average molecular weight is 550 g/mol. The molecule has 0 aromatic heterocycles. The number of alkyl halides is 3. The number of nitriles is 1. The molecule has 0 radical (unpaired) electrons. The summed E-state index contributed by atoms with van der Waals surface area (Å²) < 4.78 is 40.5. The van der Waals surface area contributed by atoms with Gasteiger partial charge in [-0.1, -0.05) is 55.7 Å². The Labute approximate surface area is 230 Å². The van der Waals surface area contributed by atoms with Gasteiger partial charge in [0.1, 0.15) is 5.60 Å². The monoisotopic (exact) mass is 549 g/mol. The lowest BCUT2D eigenvalue weighted by molar-refractivity contribution is -0.142. The number of anilines is 2. The lowest BCUT2D eigenvalue weighted by Gasteiger charge is -2.37. The van der Waals surface area contributed by atoms with Crippen LogP contribution in [0, 0.1) is 17.2 Å². The van der Waals surface area contributed by atoms with Crippen molar-refractivity contribution in [2.45, 2.75) is 57.2 Å². The maximum absolute atomic E-state index is 13.6. The first-order valence-electron chi connectivity index (χ1n) is 13.1. The van der Waals surface area contributed by atoms with Crippen LogP contribution >= 0.6 is 0 Å². The fourth-order valence-electron chi connectivity index (χ4n) is 5.34. The first-order valence-corrected chi connectivity index (χ1v) is 13.1. The van der Waals surface area contributed by atoms with Crippen molar-refractivity contribution in [2.24, 2.45) is 5.92 Å². The number of benzene rings is 3. The summed E-state index contributed by atoms with van der Waals surface area (Å²) in [6, 6.07) is 19.1. The van der Waals surface area contributed by atoms with Crippen LogP contribution in [0.3, 0.4) is 0 Å². The third kappa shape index (κ3) is 6.69. The van der Waals surface area contributed by atoms with Crippen LogP contribution in [-0.2, 0) is 22.2 Å². The number of aliphatic hydroxyl groups is 1. The van der Waals surface area contributed by atoms with Gasteiger partial charge in [-0.2, -0.15) is 18.4 Å². The summed E-state index contributed by atoms with van der Waals surface area (Å²) in [5.41, 5.74) is -0.752. The number of nitrogens with one attached hydrogen (secondary N) is 2. The number of carbonyl (C=O) groups is 2. The standard InChI is InChI=1S/C31H30F3N3O3/c1-20(38)36-26-12-6-9-23(16-26)22-8-5-7-21(15-22)18-30(40,25-10-3-2-4-11-25)29(39)37-27-14-13-24(19-35)28(17-27)31(32,33)34/h5-9,12-17,25,40H,2-4,10-11,18H2,1H3,(H,36,38)(H,37,39)/t30-/m1/s1. The number of rotatable bonds is 7. The smallest absolute Gasteiger partial charge is 0.379 e. The maximum atomic E-state index is 13.6. The molecule has 1 saturated carbocycles. The van der Waals surface area contributed by atoms with E-state index in [1.807, 2.05) is 36.4 Å². The number of hydrogen-bond acceptors (Lipinski definition) is 4. The van der Waals surface area contributed by atoms with Crippen LogP contribution in [0.1, 0.15) is 55.7 Å². The number of carbonyl (C=O) groups excluding carboxylic acids is 2. The van der Waals surface area contributed by atoms with Gasteiger partial charge in [-0.25, -0.2) is 0 Å². The molecule has 0 heterocycles. The van der Waals surface area contributed by atoms with E-state index in [-0.39, 0.29) is 23.9 Å². The second-order valence-corrected chi connectivity index (χ2v) is 10.2. The van der Waals surface area contributed by atoms with Crippen molar-refractivity contribution in [1.82, 2.24) is 0 Å². The highest BCUT2D eigenvalue weighted by molar-refractivity contribution is 5.98. The van der Waals surface area contributed by atoms with Crippen LogP contribution in [-0.4, -0.2) is 22.5 Å². The van der Waals surface area contributed by atoms with E-state index in [1.54, 1.807) is 12.1 Å². The molecular formula is C31H30F3N3O3. The van der Waals surface area contributed by atoms with Gasteiger partial charge in [0.05, 0.1) is 17.2 Å². The summed E-state index contributed by atoms with van der Waals surface area (Å²) in [4.78, 5) is 25.1. The minimum absolute atomic E-state index is 0.0366. The Bertz CT molecular complexity index is 1440. The minimum atomic E-state index is -4.77. The van der Waals surface area contributed by atoms with E-state index in [2.05, 4.69) is 10.6 Å². The van der Waals surface area contributed by atoms with Crippen molar-refractivity contribution < 1.29 is 27.9 Å². The second kappa shape index (κ2) is 11.9. The molecule has 3 N–H and O–H groups in total. The van der Waals surface area contributed by atoms with E-state index in [4.69, 9.17) is 5.26 Å². The summed E-state index contributed by atoms with van der Waals surface area (Å²) in [5.74, 6) is -1.36. The van der Waals surface area contributed by atoms with E-state index in [0.717, 1.165) is 42.5 Å². The van der Waals surface area contributed by atoms with Gasteiger partial charge in [0.25, 0.3) is 5.91 Å². The third-order valence-corrected chi connectivity index (χ3v) is 7.29. The molecule has 1 aliphatic rings. The van der Waals surface area contributed by atoms with Crippen molar-refractivity contribution in [2.75, 3.05) is 10.6 Å². The summed E-state index contributed by atoms with van der Waals surface area (Å²) in [7, 11) is 0. The summed E-state index contributed by atoms with van der Waals surface area (Å²) in [6.45, 7) is 1.42. The highest BCUT2D eigenvalue weighted by Crippen LogP contribution is 2.38. The van der Waals surface area contributed by atoms with Gasteiger partial charge >= 0.3 is 6.18 Å². The largest absolute Gasteiger partial charge is 0.417 e. The molecular weight excluding hydrogens is 519 g/mol. The fraction of sp³-hybridized carbons (Fsp3) is 0.323. The molecule has 40 heavy (non-hydrogen) atoms. The van der Waals surface area contributed by atoms with Gasteiger partial charge in [-0.3, -0.25) is 9.59 Å². The zero-order chi connectivity index (χ0) is 28.9. The first kappa shape index (κ1) is 28.8. The van der Waals surface area contributed by atoms with Crippen molar-refractivity contribution in [3.8, 4) is 17.2 Å². The molecule has 0 saturated heterocycles. The van der Waals surface area contributed by atoms with Crippen LogP contribution in [0.25, 0.3) is 11.1 Å². The van der Waals surface area contributed by atoms with E-state index in [1.165, 1.54) is 19.1 Å². The molecule has 4 rings (SSSR count). The van der Waals surface area contributed by atoms with Crippen molar-refractivity contribution in [3.05, 3.63) is 83.4 Å². The lowest BCUT2D eigenvalue weighted by Crippen LogP contribution is -2.51. The molecule has 1 atom stereocenters. The van der Waals surface area contributed by atoms with Crippen LogP contribution < -0.4 is 10.6 Å². The molecule has 1 fully saturated rings. The van der Waals surface area contributed by atoms with Crippen LogP contribution in [0.4, 0.5) is 24.5 Å². The molecule has 2 amide bonds. The molecule has 208 valence electrons. The first-order chi connectivity index (χ1) is 19.0. The zero-order valence-electron chi connectivity index (χ0n) is 22.0. The molecule has 0 bridgehead atoms. The molecule has 3 aromatic rings. The van der Waals surface area contributed by atoms with Gasteiger partial charge in [0, 0.05) is 24.7 Å². The highest BCUT2D eigenvalue weighted by atomic mass is 19.4. The second-order valence-electron chi connectivity index (χ2n) is 10.2. The molecule has 0 aliphatic heterocycles. The van der Waals surface area contributed by atoms with Crippen LogP contribution in [0.5, 0.6) is 0 Å². The molecule has 0 unspecified atom stereocenters. The molecule has 1 aliphatic carbocycles. The lowest BCUT2D eigenvalue weighted by atomic mass is 9.73. The Hall–Kier alpha value is -4.16. The summed E-state index contributed by atoms with van der Waals surface area (Å²) in [6.07, 6.45) is -0.920. The summed E-state index contributed by atoms with van der Waals surface area (Å²) in [5, 5.41) is 26.2. The molecule has 9 heteroatoms. The maximum Gasteiger partial charge on any atom is 0.417 e. The number of amides is 2. The van der Waals surface area contributed by atoms with Crippen molar-refractivity contribution >= 4 is 23.2 Å². The Morgan fingerprint density at radius 3 is 2.23 bits per heavy atom. The predicted molar refractivity (Wildman–Crippen MR) is 146 cm³/mol. The van der Waals surface area contributed by atoms with Crippen LogP contribution in [0.15, 0.2) is 66.7 Å². The van der Waals surface area contributed by atoms with Crippen LogP contribution in [0.2, 0.25) is 0 Å². The van der Waals surface area contributed by atoms with E-state index in [9.17, 15) is 27.9 Å². The quantitative estimate of drug-likeness (QED) is 0.305. The minimum Gasteiger partial charge on any atom is -0.379 e. The van der Waals surface area contributed by atoms with Gasteiger partial charge in [-0.05, 0) is 65.8 Å². The molecule has 3 aromatic carbocycles. The van der Waals surface area contributed by atoms with Gasteiger partial charge in [-0.15, -0.1) is 0 Å². The average Bonchev–Trinajstić information content (AvgIpc) is 2.93. The predicted octanol–water partition coefficient (Wildman–Crippen LogP) is 6.70. The normalized spacial score (nSPS) is 15.5. The topological polar surface area (TPSA) is 102 Å². The van der Waals surface area contributed by atoms with Crippen molar-refractivity contribution in [3.63, 3.8) is 0 Å². The Balaban J connectivity index is 1.65.